The second-order valence-electron chi connectivity index (χ2n) is 9.17. The predicted octanol–water partition coefficient (Wildman–Crippen LogP) is 2.88. The number of carbonyl (C=O) groups excluding carboxylic acids is 4. The van der Waals surface area contributed by atoms with Crippen molar-refractivity contribution in [3.63, 3.8) is 0 Å². The highest BCUT2D eigenvalue weighted by molar-refractivity contribution is 6.10. The molecule has 7 nitrogen and oxygen atoms in total. The van der Waals surface area contributed by atoms with Gasteiger partial charge in [-0.2, -0.15) is 0 Å². The molecule has 1 aliphatic heterocycles. The molecule has 2 fully saturated rings. The molecule has 0 aromatic heterocycles. The van der Waals surface area contributed by atoms with Crippen LogP contribution in [-0.2, 0) is 14.4 Å². The van der Waals surface area contributed by atoms with Crippen LogP contribution in [0.25, 0.3) is 0 Å². The topological polar surface area (TPSA) is 95.6 Å². The third-order valence-corrected chi connectivity index (χ3v) is 6.16. The van der Waals surface area contributed by atoms with E-state index in [0.29, 0.717) is 30.5 Å². The number of nitrogens with zero attached hydrogens (tertiary/aromatic N) is 1. The van der Waals surface area contributed by atoms with Gasteiger partial charge in [-0.25, -0.2) is 0 Å². The lowest BCUT2D eigenvalue weighted by Crippen LogP contribution is -2.48. The Balaban J connectivity index is 1.52. The molecule has 4 rings (SSSR count). The Kier molecular flexibility index (Phi) is 5.94. The summed E-state index contributed by atoms with van der Waals surface area (Å²) < 4.78 is 0. The fraction of sp³-hybridized carbons (Fsp3) is 0.500. The highest BCUT2D eigenvalue weighted by Crippen LogP contribution is 2.37. The minimum Gasteiger partial charge on any atom is -0.349 e. The van der Waals surface area contributed by atoms with Gasteiger partial charge in [0, 0.05) is 17.3 Å². The molecule has 164 valence electrons. The number of fused-ring (bicyclic) bond motifs is 1. The van der Waals surface area contributed by atoms with Crippen LogP contribution in [0.1, 0.15) is 56.3 Å². The number of nitrogens with one attached hydrogen (secondary N) is 2. The van der Waals surface area contributed by atoms with Gasteiger partial charge in [-0.15, -0.1) is 0 Å². The third kappa shape index (κ3) is 4.55. The quantitative estimate of drug-likeness (QED) is 0.521. The number of allylic oxidation sites excluding steroid dienone is 2. The van der Waals surface area contributed by atoms with Gasteiger partial charge in [-0.05, 0) is 56.2 Å². The van der Waals surface area contributed by atoms with Gasteiger partial charge in [0.2, 0.25) is 17.7 Å². The van der Waals surface area contributed by atoms with Crippen molar-refractivity contribution in [2.24, 2.45) is 17.8 Å². The van der Waals surface area contributed by atoms with E-state index in [1.165, 1.54) is 4.90 Å². The Morgan fingerprint density at radius 3 is 2.29 bits per heavy atom. The summed E-state index contributed by atoms with van der Waals surface area (Å²) >= 11 is 0. The molecule has 0 radical (unpaired) electrons. The second-order valence-corrected chi connectivity index (χ2v) is 9.17. The number of imide groups is 1. The number of anilines is 1. The Morgan fingerprint density at radius 2 is 1.71 bits per heavy atom. The standard InChI is InChI=1S/C24H29N3O4/c1-14(2)12-20(27-23(30)18-8-3-4-9-19(18)24(27)31)22(29)26-17-7-5-6-15(13-17)21(28)25-16-10-11-16/h3-7,13-14,16,18-20H,8-12H2,1-2H3,(H,25,28)(H,26,29)/t18-,19-,20+/m0/s1. The van der Waals surface area contributed by atoms with Gasteiger partial charge < -0.3 is 10.6 Å². The Hall–Kier alpha value is -2.96. The summed E-state index contributed by atoms with van der Waals surface area (Å²) in [5.74, 6) is -1.69. The first-order chi connectivity index (χ1) is 14.8. The molecule has 2 aliphatic carbocycles. The first kappa shape index (κ1) is 21.3. The number of likely N-dealkylation sites (tertiary alicyclic amines) is 1. The van der Waals surface area contributed by atoms with Crippen LogP contribution < -0.4 is 10.6 Å². The molecule has 31 heavy (non-hydrogen) atoms. The zero-order chi connectivity index (χ0) is 22.1. The summed E-state index contributed by atoms with van der Waals surface area (Å²) in [4.78, 5) is 52.8. The van der Waals surface area contributed by atoms with Crippen LogP contribution in [0.3, 0.4) is 0 Å². The van der Waals surface area contributed by atoms with E-state index in [0.717, 1.165) is 12.8 Å². The van der Waals surface area contributed by atoms with Gasteiger partial charge in [-0.1, -0.05) is 32.1 Å². The lowest BCUT2D eigenvalue weighted by Gasteiger charge is -2.27. The molecule has 1 saturated heterocycles. The van der Waals surface area contributed by atoms with E-state index in [1.807, 2.05) is 26.0 Å². The van der Waals surface area contributed by atoms with Crippen LogP contribution in [0, 0.1) is 17.8 Å². The van der Waals surface area contributed by atoms with Crippen LogP contribution in [0.5, 0.6) is 0 Å². The van der Waals surface area contributed by atoms with Crippen LogP contribution in [-0.4, -0.2) is 40.6 Å². The minimum absolute atomic E-state index is 0.118. The Bertz CT molecular complexity index is 909. The lowest BCUT2D eigenvalue weighted by atomic mass is 9.85. The van der Waals surface area contributed by atoms with E-state index in [1.54, 1.807) is 24.3 Å². The lowest BCUT2D eigenvalue weighted by molar-refractivity contribution is -0.147. The van der Waals surface area contributed by atoms with Crippen molar-refractivity contribution in [3.8, 4) is 0 Å². The van der Waals surface area contributed by atoms with Crippen molar-refractivity contribution in [2.45, 2.75) is 58.0 Å². The van der Waals surface area contributed by atoms with E-state index in [-0.39, 0.29) is 41.5 Å². The van der Waals surface area contributed by atoms with Crippen LogP contribution in [0.2, 0.25) is 0 Å². The fourth-order valence-electron chi connectivity index (χ4n) is 4.37. The van der Waals surface area contributed by atoms with Crippen molar-refractivity contribution >= 4 is 29.3 Å². The number of hydrogen-bond donors (Lipinski definition) is 2. The second kappa shape index (κ2) is 8.65. The number of carbonyl (C=O) groups is 4. The molecule has 7 heteroatoms. The number of rotatable bonds is 7. The average Bonchev–Trinajstić information content (AvgIpc) is 3.52. The number of hydrogen-bond acceptors (Lipinski definition) is 4. The predicted molar refractivity (Wildman–Crippen MR) is 116 cm³/mol. The summed E-state index contributed by atoms with van der Waals surface area (Å²) in [6.07, 6.45) is 7.33. The van der Waals surface area contributed by atoms with Crippen molar-refractivity contribution in [1.82, 2.24) is 10.2 Å². The highest BCUT2D eigenvalue weighted by Gasteiger charge is 2.51. The maximum Gasteiger partial charge on any atom is 0.251 e. The minimum atomic E-state index is -0.866. The first-order valence-electron chi connectivity index (χ1n) is 11.1. The molecule has 1 heterocycles. The van der Waals surface area contributed by atoms with Crippen LogP contribution in [0.4, 0.5) is 5.69 Å². The fourth-order valence-corrected chi connectivity index (χ4v) is 4.37. The summed E-state index contributed by atoms with van der Waals surface area (Å²) in [5, 5.41) is 5.76. The van der Waals surface area contributed by atoms with E-state index in [2.05, 4.69) is 10.6 Å². The van der Waals surface area contributed by atoms with Gasteiger partial charge >= 0.3 is 0 Å². The summed E-state index contributed by atoms with van der Waals surface area (Å²) in [7, 11) is 0. The van der Waals surface area contributed by atoms with Gasteiger partial charge in [-0.3, -0.25) is 24.1 Å². The smallest absolute Gasteiger partial charge is 0.251 e. The first-order valence-corrected chi connectivity index (χ1v) is 11.1. The van der Waals surface area contributed by atoms with E-state index >= 15 is 0 Å². The molecular weight excluding hydrogens is 394 g/mol. The highest BCUT2D eigenvalue weighted by atomic mass is 16.2. The normalized spacial score (nSPS) is 23.6. The summed E-state index contributed by atoms with van der Waals surface area (Å²) in [6, 6.07) is 6.11. The summed E-state index contributed by atoms with van der Waals surface area (Å²) in [6.45, 7) is 3.92. The van der Waals surface area contributed by atoms with Gasteiger partial charge in [0.15, 0.2) is 0 Å². The van der Waals surface area contributed by atoms with E-state index in [4.69, 9.17) is 0 Å². The molecular formula is C24H29N3O4. The van der Waals surface area contributed by atoms with Gasteiger partial charge in [0.1, 0.15) is 6.04 Å². The van der Waals surface area contributed by atoms with E-state index < -0.39 is 11.9 Å². The van der Waals surface area contributed by atoms with Gasteiger partial charge in [0.05, 0.1) is 11.8 Å². The third-order valence-electron chi connectivity index (χ3n) is 6.16. The summed E-state index contributed by atoms with van der Waals surface area (Å²) in [5.41, 5.74) is 0.941. The monoisotopic (exact) mass is 423 g/mol. The van der Waals surface area contributed by atoms with Crippen molar-refractivity contribution < 1.29 is 19.2 Å². The Morgan fingerprint density at radius 1 is 1.06 bits per heavy atom. The molecule has 0 bridgehead atoms. The van der Waals surface area contributed by atoms with Gasteiger partial charge in [0.25, 0.3) is 5.91 Å². The number of amides is 4. The largest absolute Gasteiger partial charge is 0.349 e. The van der Waals surface area contributed by atoms with Crippen molar-refractivity contribution in [1.29, 1.82) is 0 Å². The van der Waals surface area contributed by atoms with Crippen LogP contribution >= 0.6 is 0 Å². The zero-order valence-electron chi connectivity index (χ0n) is 18.0. The molecule has 3 atom stereocenters. The molecule has 1 saturated carbocycles. The number of benzene rings is 1. The maximum atomic E-state index is 13.2. The SMILES string of the molecule is CC(C)C[C@H](C(=O)Nc1cccc(C(=O)NC2CC2)c1)N1C(=O)[C@H]2CC=CC[C@@H]2C1=O. The molecule has 4 amide bonds. The molecule has 1 aromatic carbocycles. The molecule has 1 aromatic rings. The average molecular weight is 424 g/mol. The van der Waals surface area contributed by atoms with Crippen molar-refractivity contribution in [3.05, 3.63) is 42.0 Å². The zero-order valence-corrected chi connectivity index (χ0v) is 18.0. The maximum absolute atomic E-state index is 13.2. The van der Waals surface area contributed by atoms with E-state index in [9.17, 15) is 19.2 Å². The molecule has 3 aliphatic rings. The molecule has 0 unspecified atom stereocenters. The molecule has 0 spiro atoms. The van der Waals surface area contributed by atoms with Crippen LogP contribution in [0.15, 0.2) is 36.4 Å². The Labute approximate surface area is 182 Å². The molecule has 2 N–H and O–H groups in total. The van der Waals surface area contributed by atoms with Crippen molar-refractivity contribution in [2.75, 3.05) is 5.32 Å².